The van der Waals surface area contributed by atoms with E-state index in [1.165, 1.54) is 5.56 Å². The van der Waals surface area contributed by atoms with E-state index in [4.69, 9.17) is 5.11 Å². The molecular weight excluding hydrogens is 230 g/mol. The Labute approximate surface area is 107 Å². The van der Waals surface area contributed by atoms with Crippen molar-refractivity contribution in [3.63, 3.8) is 0 Å². The van der Waals surface area contributed by atoms with Gasteiger partial charge in [0.25, 0.3) is 0 Å². The Morgan fingerprint density at radius 2 is 2.22 bits per heavy atom. The SMILES string of the molecule is Cn1cc(CNCC2CCC(C(=O)O)CC2)cn1. The molecule has 2 rings (SSSR count). The Hall–Kier alpha value is -1.36. The van der Waals surface area contributed by atoms with Crippen molar-refractivity contribution >= 4 is 5.97 Å². The lowest BCUT2D eigenvalue weighted by Crippen LogP contribution is -2.28. The van der Waals surface area contributed by atoms with Gasteiger partial charge in [0.15, 0.2) is 0 Å². The zero-order chi connectivity index (χ0) is 13.0. The van der Waals surface area contributed by atoms with Gasteiger partial charge in [-0.05, 0) is 38.1 Å². The molecule has 0 unspecified atom stereocenters. The third-order valence-corrected chi connectivity index (χ3v) is 3.72. The van der Waals surface area contributed by atoms with Crippen LogP contribution in [0.3, 0.4) is 0 Å². The molecule has 0 saturated heterocycles. The van der Waals surface area contributed by atoms with Crippen LogP contribution in [0.1, 0.15) is 31.2 Å². The number of carboxylic acids is 1. The van der Waals surface area contributed by atoms with E-state index in [-0.39, 0.29) is 5.92 Å². The lowest BCUT2D eigenvalue weighted by atomic mass is 9.82. The van der Waals surface area contributed by atoms with Crippen LogP contribution in [0.15, 0.2) is 12.4 Å². The van der Waals surface area contributed by atoms with Crippen LogP contribution < -0.4 is 5.32 Å². The maximum absolute atomic E-state index is 10.8. The number of carboxylic acid groups (broad SMARTS) is 1. The van der Waals surface area contributed by atoms with Crippen LogP contribution in [0, 0.1) is 11.8 Å². The molecule has 1 fully saturated rings. The van der Waals surface area contributed by atoms with Crippen molar-refractivity contribution in [3.8, 4) is 0 Å². The number of aryl methyl sites for hydroxylation is 1. The molecule has 2 N–H and O–H groups in total. The van der Waals surface area contributed by atoms with Crippen molar-refractivity contribution in [3.05, 3.63) is 18.0 Å². The van der Waals surface area contributed by atoms with Crippen LogP contribution in [0.25, 0.3) is 0 Å². The molecule has 0 atom stereocenters. The van der Waals surface area contributed by atoms with Crippen LogP contribution in [-0.2, 0) is 18.4 Å². The lowest BCUT2D eigenvalue weighted by molar-refractivity contribution is -0.143. The number of rotatable bonds is 5. The second-order valence-corrected chi connectivity index (χ2v) is 5.21. The maximum atomic E-state index is 10.8. The predicted octanol–water partition coefficient (Wildman–Crippen LogP) is 1.40. The summed E-state index contributed by atoms with van der Waals surface area (Å²) in [7, 11) is 1.91. The zero-order valence-electron chi connectivity index (χ0n) is 10.8. The van der Waals surface area contributed by atoms with Crippen LogP contribution in [0.4, 0.5) is 0 Å². The number of aromatic nitrogens is 2. The van der Waals surface area contributed by atoms with Crippen molar-refractivity contribution in [2.24, 2.45) is 18.9 Å². The molecule has 5 nitrogen and oxygen atoms in total. The minimum absolute atomic E-state index is 0.112. The molecule has 100 valence electrons. The van der Waals surface area contributed by atoms with Gasteiger partial charge in [-0.2, -0.15) is 5.10 Å². The molecule has 1 heterocycles. The molecule has 0 aromatic carbocycles. The molecule has 18 heavy (non-hydrogen) atoms. The minimum Gasteiger partial charge on any atom is -0.481 e. The van der Waals surface area contributed by atoms with E-state index < -0.39 is 5.97 Å². The van der Waals surface area contributed by atoms with Crippen molar-refractivity contribution < 1.29 is 9.90 Å². The number of nitrogens with one attached hydrogen (secondary N) is 1. The van der Waals surface area contributed by atoms with Crippen molar-refractivity contribution in [1.82, 2.24) is 15.1 Å². The summed E-state index contributed by atoms with van der Waals surface area (Å²) in [5.74, 6) is -0.117. The Kier molecular flexibility index (Phi) is 4.36. The van der Waals surface area contributed by atoms with Crippen LogP contribution >= 0.6 is 0 Å². The van der Waals surface area contributed by atoms with Crippen molar-refractivity contribution in [1.29, 1.82) is 0 Å². The normalized spacial score (nSPS) is 24.1. The molecule has 0 aliphatic heterocycles. The highest BCUT2D eigenvalue weighted by Crippen LogP contribution is 2.28. The zero-order valence-corrected chi connectivity index (χ0v) is 10.8. The van der Waals surface area contributed by atoms with E-state index >= 15 is 0 Å². The van der Waals surface area contributed by atoms with Crippen molar-refractivity contribution in [2.75, 3.05) is 6.54 Å². The largest absolute Gasteiger partial charge is 0.481 e. The average molecular weight is 251 g/mol. The summed E-state index contributed by atoms with van der Waals surface area (Å²) in [5.41, 5.74) is 1.19. The van der Waals surface area contributed by atoms with Gasteiger partial charge in [0.1, 0.15) is 0 Å². The van der Waals surface area contributed by atoms with Gasteiger partial charge in [0.05, 0.1) is 12.1 Å². The van der Waals surface area contributed by atoms with Gasteiger partial charge in [0, 0.05) is 25.4 Å². The quantitative estimate of drug-likeness (QED) is 0.830. The highest BCUT2D eigenvalue weighted by atomic mass is 16.4. The van der Waals surface area contributed by atoms with E-state index in [1.54, 1.807) is 4.68 Å². The molecule has 1 aliphatic carbocycles. The number of nitrogens with zero attached hydrogens (tertiary/aromatic N) is 2. The first kappa shape index (κ1) is 13.1. The highest BCUT2D eigenvalue weighted by Gasteiger charge is 2.25. The summed E-state index contributed by atoms with van der Waals surface area (Å²) in [6, 6.07) is 0. The summed E-state index contributed by atoms with van der Waals surface area (Å²) in [4.78, 5) is 10.8. The lowest BCUT2D eigenvalue weighted by Gasteiger charge is -2.26. The summed E-state index contributed by atoms with van der Waals surface area (Å²) >= 11 is 0. The molecule has 0 spiro atoms. The van der Waals surface area contributed by atoms with Crippen molar-refractivity contribution in [2.45, 2.75) is 32.2 Å². The molecule has 0 radical (unpaired) electrons. The summed E-state index contributed by atoms with van der Waals surface area (Å²) < 4.78 is 1.80. The molecule has 5 heteroatoms. The third kappa shape index (κ3) is 3.57. The van der Waals surface area contributed by atoms with E-state index in [0.717, 1.165) is 38.8 Å². The minimum atomic E-state index is -0.628. The third-order valence-electron chi connectivity index (χ3n) is 3.72. The first-order valence-corrected chi connectivity index (χ1v) is 6.56. The Morgan fingerprint density at radius 3 is 2.78 bits per heavy atom. The standard InChI is InChI=1S/C13H21N3O2/c1-16-9-11(8-15-16)7-14-6-10-2-4-12(5-3-10)13(17)18/h8-10,12,14H,2-7H2,1H3,(H,17,18). The summed E-state index contributed by atoms with van der Waals surface area (Å²) in [6.45, 7) is 1.81. The van der Waals surface area contributed by atoms with Gasteiger partial charge in [0.2, 0.25) is 0 Å². The molecule has 1 aromatic heterocycles. The molecule has 1 saturated carbocycles. The Morgan fingerprint density at radius 1 is 1.50 bits per heavy atom. The van der Waals surface area contributed by atoms with E-state index in [1.807, 2.05) is 19.4 Å². The van der Waals surface area contributed by atoms with Gasteiger partial charge in [-0.25, -0.2) is 0 Å². The van der Waals surface area contributed by atoms with Crippen LogP contribution in [0.2, 0.25) is 0 Å². The number of hydrogen-bond acceptors (Lipinski definition) is 3. The molecule has 0 amide bonds. The van der Waals surface area contributed by atoms with E-state index in [9.17, 15) is 4.79 Å². The Bertz CT molecular complexity index is 395. The average Bonchev–Trinajstić information content (AvgIpc) is 2.76. The van der Waals surface area contributed by atoms with Crippen LogP contribution in [-0.4, -0.2) is 27.4 Å². The fourth-order valence-electron chi connectivity index (χ4n) is 2.60. The predicted molar refractivity (Wildman–Crippen MR) is 68.0 cm³/mol. The number of carbonyl (C=O) groups is 1. The summed E-state index contributed by atoms with van der Waals surface area (Å²) in [5, 5.41) is 16.5. The number of hydrogen-bond donors (Lipinski definition) is 2. The fraction of sp³-hybridized carbons (Fsp3) is 0.692. The van der Waals surface area contributed by atoms with E-state index in [0.29, 0.717) is 5.92 Å². The Balaban J connectivity index is 1.65. The van der Waals surface area contributed by atoms with Gasteiger partial charge in [-0.3, -0.25) is 9.48 Å². The maximum Gasteiger partial charge on any atom is 0.306 e. The first-order chi connectivity index (χ1) is 8.65. The van der Waals surface area contributed by atoms with Gasteiger partial charge >= 0.3 is 5.97 Å². The molecule has 1 aliphatic rings. The monoisotopic (exact) mass is 251 g/mol. The molecular formula is C13H21N3O2. The van der Waals surface area contributed by atoms with E-state index in [2.05, 4.69) is 10.4 Å². The second kappa shape index (κ2) is 6.00. The van der Waals surface area contributed by atoms with Gasteiger partial charge in [-0.1, -0.05) is 0 Å². The van der Waals surface area contributed by atoms with Gasteiger partial charge in [-0.15, -0.1) is 0 Å². The fourth-order valence-corrected chi connectivity index (χ4v) is 2.60. The van der Waals surface area contributed by atoms with Gasteiger partial charge < -0.3 is 10.4 Å². The second-order valence-electron chi connectivity index (χ2n) is 5.21. The molecule has 0 bridgehead atoms. The number of aliphatic carboxylic acids is 1. The molecule has 1 aromatic rings. The smallest absolute Gasteiger partial charge is 0.306 e. The first-order valence-electron chi connectivity index (χ1n) is 6.56. The summed E-state index contributed by atoms with van der Waals surface area (Å²) in [6.07, 6.45) is 7.58. The highest BCUT2D eigenvalue weighted by molar-refractivity contribution is 5.69. The topological polar surface area (TPSA) is 67.2 Å². The van der Waals surface area contributed by atoms with Crippen LogP contribution in [0.5, 0.6) is 0 Å².